The van der Waals surface area contributed by atoms with Crippen LogP contribution in [0.15, 0.2) is 42.6 Å². The number of likely N-dealkylation sites (tertiary alicyclic amines) is 1. The Bertz CT molecular complexity index is 842. The highest BCUT2D eigenvalue weighted by Crippen LogP contribution is 2.31. The number of benzene rings is 1. The number of halogens is 1. The van der Waals surface area contributed by atoms with E-state index in [0.29, 0.717) is 11.6 Å². The number of rotatable bonds is 2. The number of hydrogen-bond acceptors (Lipinski definition) is 3. The molecule has 1 aromatic carbocycles. The van der Waals surface area contributed by atoms with E-state index in [-0.39, 0.29) is 5.82 Å². The molecule has 3 aromatic rings. The first-order valence-corrected chi connectivity index (χ1v) is 8.01. The number of nitrogens with zero attached hydrogens (tertiary/aromatic N) is 4. The van der Waals surface area contributed by atoms with E-state index in [1.54, 1.807) is 18.3 Å². The van der Waals surface area contributed by atoms with Gasteiger partial charge in [0.1, 0.15) is 17.2 Å². The van der Waals surface area contributed by atoms with Gasteiger partial charge in [0.05, 0.1) is 5.69 Å². The van der Waals surface area contributed by atoms with Crippen molar-refractivity contribution < 1.29 is 4.39 Å². The quantitative estimate of drug-likeness (QED) is 0.728. The summed E-state index contributed by atoms with van der Waals surface area (Å²) in [6.07, 6.45) is 3.94. The van der Waals surface area contributed by atoms with E-state index in [9.17, 15) is 4.39 Å². The molecular formula is C18H19FN4. The average Bonchev–Trinajstić information content (AvgIpc) is 2.95. The van der Waals surface area contributed by atoms with E-state index in [1.807, 2.05) is 22.8 Å². The van der Waals surface area contributed by atoms with Crippen LogP contribution in [0.2, 0.25) is 0 Å². The zero-order valence-electron chi connectivity index (χ0n) is 13.1. The fourth-order valence-electron chi connectivity index (χ4n) is 3.45. The van der Waals surface area contributed by atoms with Crippen LogP contribution in [0.4, 0.5) is 4.39 Å². The van der Waals surface area contributed by atoms with Crippen molar-refractivity contribution in [3.05, 3.63) is 54.2 Å². The van der Waals surface area contributed by atoms with Crippen LogP contribution >= 0.6 is 0 Å². The monoisotopic (exact) mass is 310 g/mol. The molecule has 1 unspecified atom stereocenters. The first-order chi connectivity index (χ1) is 11.2. The second kappa shape index (κ2) is 5.74. The van der Waals surface area contributed by atoms with E-state index in [4.69, 9.17) is 4.98 Å². The SMILES string of the molecule is CN1CCCC(c2nc3cccnc3n2-c2ccccc2F)C1. The summed E-state index contributed by atoms with van der Waals surface area (Å²) in [4.78, 5) is 11.6. The third kappa shape index (κ3) is 2.51. The predicted octanol–water partition coefficient (Wildman–Crippen LogP) is 3.37. The van der Waals surface area contributed by atoms with Crippen LogP contribution in [0, 0.1) is 5.82 Å². The van der Waals surface area contributed by atoms with Crippen molar-refractivity contribution in [1.29, 1.82) is 0 Å². The number of pyridine rings is 1. The molecule has 0 spiro atoms. The van der Waals surface area contributed by atoms with Gasteiger partial charge in [0.2, 0.25) is 0 Å². The first kappa shape index (κ1) is 14.3. The molecule has 1 aliphatic rings. The molecule has 118 valence electrons. The molecule has 0 aliphatic carbocycles. The highest BCUT2D eigenvalue weighted by Gasteiger charge is 2.26. The second-order valence-corrected chi connectivity index (χ2v) is 6.20. The summed E-state index contributed by atoms with van der Waals surface area (Å²) >= 11 is 0. The van der Waals surface area contributed by atoms with Crippen LogP contribution in [0.25, 0.3) is 16.9 Å². The van der Waals surface area contributed by atoms with Gasteiger partial charge in [-0.15, -0.1) is 0 Å². The highest BCUT2D eigenvalue weighted by molar-refractivity contribution is 5.74. The third-order valence-corrected chi connectivity index (χ3v) is 4.52. The minimum Gasteiger partial charge on any atom is -0.306 e. The van der Waals surface area contributed by atoms with Crippen LogP contribution in [0.1, 0.15) is 24.6 Å². The van der Waals surface area contributed by atoms with Gasteiger partial charge in [-0.3, -0.25) is 4.57 Å². The lowest BCUT2D eigenvalue weighted by molar-refractivity contribution is 0.245. The van der Waals surface area contributed by atoms with E-state index in [1.165, 1.54) is 6.07 Å². The molecule has 1 saturated heterocycles. The van der Waals surface area contributed by atoms with Gasteiger partial charge in [0.25, 0.3) is 0 Å². The molecule has 2 aromatic heterocycles. The first-order valence-electron chi connectivity index (χ1n) is 8.01. The lowest BCUT2D eigenvalue weighted by Crippen LogP contribution is -2.32. The topological polar surface area (TPSA) is 34.0 Å². The van der Waals surface area contributed by atoms with Crippen molar-refractivity contribution in [1.82, 2.24) is 19.4 Å². The molecular weight excluding hydrogens is 291 g/mol. The number of imidazole rings is 1. The number of hydrogen-bond donors (Lipinski definition) is 0. The summed E-state index contributed by atoms with van der Waals surface area (Å²) in [7, 11) is 2.13. The van der Waals surface area contributed by atoms with Crippen molar-refractivity contribution >= 4 is 11.2 Å². The molecule has 4 nitrogen and oxygen atoms in total. The van der Waals surface area contributed by atoms with Gasteiger partial charge in [-0.1, -0.05) is 12.1 Å². The van der Waals surface area contributed by atoms with Gasteiger partial charge in [-0.05, 0) is 50.7 Å². The molecule has 1 atom stereocenters. The van der Waals surface area contributed by atoms with E-state index in [2.05, 4.69) is 16.9 Å². The Morgan fingerprint density at radius 2 is 2.04 bits per heavy atom. The lowest BCUT2D eigenvalue weighted by Gasteiger charge is -2.29. The molecule has 3 heterocycles. The summed E-state index contributed by atoms with van der Waals surface area (Å²) in [6, 6.07) is 10.7. The Hall–Kier alpha value is -2.27. The molecule has 23 heavy (non-hydrogen) atoms. The fraction of sp³-hybridized carbons (Fsp3) is 0.333. The second-order valence-electron chi connectivity index (χ2n) is 6.20. The maximum absolute atomic E-state index is 14.4. The zero-order chi connectivity index (χ0) is 15.8. The van der Waals surface area contributed by atoms with Gasteiger partial charge < -0.3 is 4.90 Å². The Labute approximate surface area is 134 Å². The van der Waals surface area contributed by atoms with Crippen LogP contribution in [0.3, 0.4) is 0 Å². The summed E-state index contributed by atoms with van der Waals surface area (Å²) in [5.74, 6) is 0.959. The van der Waals surface area contributed by atoms with Gasteiger partial charge >= 0.3 is 0 Å². The molecule has 5 heteroatoms. The summed E-state index contributed by atoms with van der Waals surface area (Å²) < 4.78 is 16.3. The van der Waals surface area contributed by atoms with Crippen LogP contribution < -0.4 is 0 Å². The fourth-order valence-corrected chi connectivity index (χ4v) is 3.45. The third-order valence-electron chi connectivity index (χ3n) is 4.52. The van der Waals surface area contributed by atoms with Gasteiger partial charge in [0, 0.05) is 18.7 Å². The molecule has 1 fully saturated rings. The van der Waals surface area contributed by atoms with Crippen molar-refractivity contribution in [2.24, 2.45) is 0 Å². The number of aromatic nitrogens is 3. The van der Waals surface area contributed by atoms with Gasteiger partial charge in [0.15, 0.2) is 5.65 Å². The maximum atomic E-state index is 14.4. The molecule has 0 amide bonds. The Morgan fingerprint density at radius 1 is 1.17 bits per heavy atom. The summed E-state index contributed by atoms with van der Waals surface area (Å²) in [6.45, 7) is 2.05. The summed E-state index contributed by atoms with van der Waals surface area (Å²) in [5, 5.41) is 0. The molecule has 0 saturated carbocycles. The lowest BCUT2D eigenvalue weighted by atomic mass is 9.97. The largest absolute Gasteiger partial charge is 0.306 e. The normalized spacial score (nSPS) is 19.3. The minimum atomic E-state index is -0.247. The summed E-state index contributed by atoms with van der Waals surface area (Å²) in [5.41, 5.74) is 2.07. The maximum Gasteiger partial charge on any atom is 0.164 e. The molecule has 0 N–H and O–H groups in total. The predicted molar refractivity (Wildman–Crippen MR) is 88.3 cm³/mol. The molecule has 4 rings (SSSR count). The Kier molecular flexibility index (Phi) is 3.58. The van der Waals surface area contributed by atoms with E-state index in [0.717, 1.165) is 42.9 Å². The molecule has 0 radical (unpaired) electrons. The van der Waals surface area contributed by atoms with Crippen molar-refractivity contribution in [3.63, 3.8) is 0 Å². The smallest absolute Gasteiger partial charge is 0.164 e. The Morgan fingerprint density at radius 3 is 2.87 bits per heavy atom. The van der Waals surface area contributed by atoms with E-state index >= 15 is 0 Å². The van der Waals surface area contributed by atoms with Crippen LogP contribution in [0.5, 0.6) is 0 Å². The van der Waals surface area contributed by atoms with Gasteiger partial charge in [-0.2, -0.15) is 0 Å². The Balaban J connectivity index is 1.93. The van der Waals surface area contributed by atoms with E-state index < -0.39 is 0 Å². The van der Waals surface area contributed by atoms with Crippen molar-refractivity contribution in [2.75, 3.05) is 20.1 Å². The molecule has 0 bridgehead atoms. The number of piperidine rings is 1. The van der Waals surface area contributed by atoms with Crippen LogP contribution in [-0.2, 0) is 0 Å². The van der Waals surface area contributed by atoms with Crippen LogP contribution in [-0.4, -0.2) is 39.6 Å². The minimum absolute atomic E-state index is 0.247. The number of para-hydroxylation sites is 1. The standard InChI is InChI=1S/C18H19FN4/c1-22-11-5-6-13(12-22)17-21-15-8-4-10-20-18(15)23(17)16-9-3-2-7-14(16)19/h2-4,7-10,13H,5-6,11-12H2,1H3. The van der Waals surface area contributed by atoms with Crippen molar-refractivity contribution in [3.8, 4) is 5.69 Å². The van der Waals surface area contributed by atoms with Gasteiger partial charge in [-0.25, -0.2) is 14.4 Å². The van der Waals surface area contributed by atoms with Crippen molar-refractivity contribution in [2.45, 2.75) is 18.8 Å². The molecule has 1 aliphatic heterocycles. The number of fused-ring (bicyclic) bond motifs is 1. The average molecular weight is 310 g/mol. The number of likely N-dealkylation sites (N-methyl/N-ethyl adjacent to an activating group) is 1. The highest BCUT2D eigenvalue weighted by atomic mass is 19.1. The zero-order valence-corrected chi connectivity index (χ0v) is 13.1.